The zero-order valence-corrected chi connectivity index (χ0v) is 25.7. The molecule has 3 heterocycles. The Morgan fingerprint density at radius 1 is 0.978 bits per heavy atom. The molecule has 0 bridgehead atoms. The number of benzene rings is 2. The number of para-hydroxylation sites is 1. The number of cyclic esters (lactones) is 1. The first-order valence-corrected chi connectivity index (χ1v) is 15.1. The topological polar surface area (TPSA) is 87.1 Å². The summed E-state index contributed by atoms with van der Waals surface area (Å²) in [4.78, 5) is 39.8. The van der Waals surface area contributed by atoms with Crippen LogP contribution in [0.4, 0.5) is 0 Å². The summed E-state index contributed by atoms with van der Waals surface area (Å²) in [6.07, 6.45) is 8.63. The highest BCUT2D eigenvalue weighted by molar-refractivity contribution is 5.99. The minimum atomic E-state index is -1.25. The van der Waals surface area contributed by atoms with E-state index in [1.807, 2.05) is 49.4 Å². The molecule has 6 rings (SSSR count). The summed E-state index contributed by atoms with van der Waals surface area (Å²) >= 11 is 0. The summed E-state index contributed by atoms with van der Waals surface area (Å²) in [7, 11) is 0. The maximum atomic E-state index is 13.8. The molecule has 45 heavy (non-hydrogen) atoms. The Hall–Kier alpha value is -5.11. The van der Waals surface area contributed by atoms with Crippen molar-refractivity contribution in [3.63, 3.8) is 0 Å². The number of allylic oxidation sites excluding steroid dienone is 5. The van der Waals surface area contributed by atoms with Crippen molar-refractivity contribution in [2.24, 2.45) is 11.8 Å². The zero-order chi connectivity index (χ0) is 31.9. The fourth-order valence-electron chi connectivity index (χ4n) is 7.31. The molecule has 0 spiro atoms. The Labute approximate surface area is 262 Å². The first-order valence-electron chi connectivity index (χ1n) is 15.1. The molecule has 230 valence electrons. The molecule has 3 aromatic rings. The Kier molecular flexibility index (Phi) is 7.83. The highest BCUT2D eigenvalue weighted by atomic mass is 16.6. The lowest BCUT2D eigenvalue weighted by Crippen LogP contribution is -2.36. The lowest BCUT2D eigenvalue weighted by atomic mass is 9.69. The fourth-order valence-corrected chi connectivity index (χ4v) is 7.31. The molecular formula is C37H36N2O6. The van der Waals surface area contributed by atoms with Crippen LogP contribution in [-0.2, 0) is 35.9 Å². The van der Waals surface area contributed by atoms with E-state index in [1.54, 1.807) is 0 Å². The third-order valence-electron chi connectivity index (χ3n) is 9.13. The van der Waals surface area contributed by atoms with Crippen LogP contribution in [-0.4, -0.2) is 47.1 Å². The second-order valence-electron chi connectivity index (χ2n) is 11.5. The molecule has 3 aliphatic rings. The summed E-state index contributed by atoms with van der Waals surface area (Å²) in [6.45, 7) is 14.4. The van der Waals surface area contributed by atoms with Crippen molar-refractivity contribution in [3.05, 3.63) is 131 Å². The third-order valence-corrected chi connectivity index (χ3v) is 9.13. The summed E-state index contributed by atoms with van der Waals surface area (Å²) in [6, 6.07) is 15.6. The van der Waals surface area contributed by atoms with E-state index in [4.69, 9.17) is 14.2 Å². The van der Waals surface area contributed by atoms with Crippen LogP contribution in [0.5, 0.6) is 0 Å². The number of aromatic nitrogens is 1. The van der Waals surface area contributed by atoms with Gasteiger partial charge in [0.15, 0.2) is 5.60 Å². The normalized spacial score (nSPS) is 21.7. The molecule has 8 heteroatoms. The zero-order valence-electron chi connectivity index (χ0n) is 25.7. The molecule has 0 fully saturated rings. The Morgan fingerprint density at radius 3 is 2.38 bits per heavy atom. The van der Waals surface area contributed by atoms with Crippen LogP contribution >= 0.6 is 0 Å². The van der Waals surface area contributed by atoms with Crippen molar-refractivity contribution in [1.82, 2.24) is 9.47 Å². The first-order chi connectivity index (χ1) is 21.7. The summed E-state index contributed by atoms with van der Waals surface area (Å²) in [5.74, 6) is -1.37. The van der Waals surface area contributed by atoms with Crippen LogP contribution < -0.4 is 0 Å². The second-order valence-corrected chi connectivity index (χ2v) is 11.5. The van der Waals surface area contributed by atoms with Crippen LogP contribution in [0.2, 0.25) is 0 Å². The minimum absolute atomic E-state index is 0.0889. The highest BCUT2D eigenvalue weighted by Gasteiger charge is 2.58. The van der Waals surface area contributed by atoms with Crippen molar-refractivity contribution < 1.29 is 28.6 Å². The molecule has 0 amide bonds. The number of rotatable bonds is 10. The lowest BCUT2D eigenvalue weighted by molar-refractivity contribution is -0.138. The molecule has 2 aromatic carbocycles. The van der Waals surface area contributed by atoms with Crippen LogP contribution in [0.3, 0.4) is 0 Å². The van der Waals surface area contributed by atoms with Crippen LogP contribution in [0.15, 0.2) is 109 Å². The molecule has 8 nitrogen and oxygen atoms in total. The van der Waals surface area contributed by atoms with Gasteiger partial charge in [-0.2, -0.15) is 0 Å². The molecule has 2 aliphatic heterocycles. The number of carbonyl (C=O) groups is 3. The van der Waals surface area contributed by atoms with E-state index in [-0.39, 0.29) is 31.0 Å². The molecule has 2 unspecified atom stereocenters. The number of hydrogen-bond acceptors (Lipinski definition) is 7. The van der Waals surface area contributed by atoms with Gasteiger partial charge < -0.3 is 23.7 Å². The second kappa shape index (κ2) is 11.8. The van der Waals surface area contributed by atoms with E-state index >= 15 is 0 Å². The van der Waals surface area contributed by atoms with Crippen molar-refractivity contribution in [1.29, 1.82) is 0 Å². The number of esters is 3. The van der Waals surface area contributed by atoms with E-state index in [2.05, 4.69) is 60.8 Å². The van der Waals surface area contributed by atoms with Gasteiger partial charge in [0.2, 0.25) is 0 Å². The maximum absolute atomic E-state index is 13.8. The van der Waals surface area contributed by atoms with Crippen molar-refractivity contribution in [3.8, 4) is 0 Å². The fraction of sp³-hybridized carbons (Fsp3) is 0.270. The summed E-state index contributed by atoms with van der Waals surface area (Å²) in [5.41, 5.74) is 5.76. The summed E-state index contributed by atoms with van der Waals surface area (Å²) < 4.78 is 19.6. The van der Waals surface area contributed by atoms with Gasteiger partial charge in [-0.1, -0.05) is 68.6 Å². The monoisotopic (exact) mass is 604 g/mol. The Morgan fingerprint density at radius 2 is 1.64 bits per heavy atom. The molecular weight excluding hydrogens is 568 g/mol. The smallest absolute Gasteiger partial charge is 0.340 e. The average Bonchev–Trinajstić information content (AvgIpc) is 3.62. The molecule has 1 aliphatic carbocycles. The molecule has 0 saturated heterocycles. The van der Waals surface area contributed by atoms with Crippen LogP contribution in [0.25, 0.3) is 10.9 Å². The van der Waals surface area contributed by atoms with E-state index in [0.717, 1.165) is 56.8 Å². The van der Waals surface area contributed by atoms with Crippen molar-refractivity contribution >= 4 is 28.8 Å². The Balaban J connectivity index is 1.60. The third kappa shape index (κ3) is 4.72. The van der Waals surface area contributed by atoms with Gasteiger partial charge in [0, 0.05) is 62.8 Å². The lowest BCUT2D eigenvalue weighted by Gasteiger charge is -2.37. The SMILES string of the molecule is C=CC(=O)OCCN1C2=CC=C[C@@H](C)C2C(C2(c3c(C)n(CCOC(=O)C=C)c4ccccc34)OC(=O)c3ccccc32)=C1C. The van der Waals surface area contributed by atoms with Gasteiger partial charge in [0.25, 0.3) is 0 Å². The van der Waals surface area contributed by atoms with Gasteiger partial charge in [0.05, 0.1) is 18.7 Å². The molecule has 0 radical (unpaired) electrons. The van der Waals surface area contributed by atoms with E-state index in [9.17, 15) is 14.4 Å². The number of hydrogen-bond donors (Lipinski definition) is 0. The largest absolute Gasteiger partial charge is 0.461 e. The van der Waals surface area contributed by atoms with E-state index < -0.39 is 17.5 Å². The number of fused-ring (bicyclic) bond motifs is 3. The number of ether oxygens (including phenoxy) is 3. The highest BCUT2D eigenvalue weighted by Crippen LogP contribution is 2.59. The van der Waals surface area contributed by atoms with Gasteiger partial charge in [0.1, 0.15) is 13.2 Å². The van der Waals surface area contributed by atoms with Crippen molar-refractivity contribution in [2.75, 3.05) is 19.8 Å². The van der Waals surface area contributed by atoms with E-state index in [1.165, 1.54) is 0 Å². The standard InChI is InChI=1S/C37H36N2O6/c1-6-31(40)43-21-19-38-24(4)34(27-15-9-11-17-29(27)38)37(28-16-10-8-14-26(28)36(42)45-37)35-25(5)39(20-22-44-32(41)7-2)30-18-12-13-23(3)33(30)35/h6-18,23,33H,1-2,19-22H2,3-5H3/t23-,33?,37?/m1/s1. The predicted molar refractivity (Wildman–Crippen MR) is 171 cm³/mol. The van der Waals surface area contributed by atoms with E-state index in [0.29, 0.717) is 18.7 Å². The molecule has 0 N–H and O–H groups in total. The number of nitrogens with zero attached hydrogens (tertiary/aromatic N) is 2. The van der Waals surface area contributed by atoms with Crippen molar-refractivity contribution in [2.45, 2.75) is 32.9 Å². The average molecular weight is 605 g/mol. The minimum Gasteiger partial charge on any atom is -0.461 e. The molecule has 3 atom stereocenters. The first kappa shape index (κ1) is 29.9. The van der Waals surface area contributed by atoms with Gasteiger partial charge >= 0.3 is 17.9 Å². The number of carbonyl (C=O) groups excluding carboxylic acids is 3. The Bertz CT molecular complexity index is 1840. The van der Waals surface area contributed by atoms with Gasteiger partial charge in [-0.05, 0) is 38.0 Å². The summed E-state index contributed by atoms with van der Waals surface area (Å²) in [5, 5.41) is 0.942. The maximum Gasteiger partial charge on any atom is 0.340 e. The van der Waals surface area contributed by atoms with Gasteiger partial charge in [-0.3, -0.25) is 0 Å². The predicted octanol–water partition coefficient (Wildman–Crippen LogP) is 6.12. The van der Waals surface area contributed by atoms with Gasteiger partial charge in [-0.15, -0.1) is 0 Å². The quantitative estimate of drug-likeness (QED) is 0.157. The molecule has 1 aromatic heterocycles. The van der Waals surface area contributed by atoms with Gasteiger partial charge in [-0.25, -0.2) is 14.4 Å². The van der Waals surface area contributed by atoms with Crippen LogP contribution in [0.1, 0.15) is 41.0 Å². The molecule has 0 saturated carbocycles. The van der Waals surface area contributed by atoms with Crippen LogP contribution in [0, 0.1) is 18.8 Å².